The first-order valence-corrected chi connectivity index (χ1v) is 15.0. The molecule has 212 valence electrons. The maximum atomic E-state index is 14.6. The van der Waals surface area contributed by atoms with Crippen LogP contribution in [0.3, 0.4) is 0 Å². The van der Waals surface area contributed by atoms with E-state index in [4.69, 9.17) is 14.5 Å². The smallest absolute Gasteiger partial charge is 0.339 e. The summed E-state index contributed by atoms with van der Waals surface area (Å²) in [7, 11) is 0. The average Bonchev–Trinajstić information content (AvgIpc) is 3.05. The van der Waals surface area contributed by atoms with Gasteiger partial charge in [0.05, 0.1) is 36.2 Å². The minimum absolute atomic E-state index is 0.106. The Balaban J connectivity index is 1.58. The maximum Gasteiger partial charge on any atom is 0.339 e. The fraction of sp³-hybridized carbons (Fsp3) is 0.371. The molecule has 6 heteroatoms. The lowest BCUT2D eigenvalue weighted by atomic mass is 9.92. The third-order valence-electron chi connectivity index (χ3n) is 8.36. The van der Waals surface area contributed by atoms with E-state index in [-0.39, 0.29) is 18.2 Å². The number of nitrogens with zero attached hydrogens (tertiary/aromatic N) is 3. The van der Waals surface area contributed by atoms with E-state index in [1.807, 2.05) is 72.8 Å². The predicted molar refractivity (Wildman–Crippen MR) is 163 cm³/mol. The summed E-state index contributed by atoms with van der Waals surface area (Å²) in [5.74, 6) is -0.290. The Bertz CT molecular complexity index is 1430. The van der Waals surface area contributed by atoms with Crippen molar-refractivity contribution < 1.29 is 14.3 Å². The highest BCUT2D eigenvalue weighted by Gasteiger charge is 2.37. The predicted octanol–water partition coefficient (Wildman–Crippen LogP) is 7.03. The van der Waals surface area contributed by atoms with Gasteiger partial charge in [-0.3, -0.25) is 9.80 Å². The molecular formula is C35H39N3O3. The number of carbonyl (C=O) groups excluding carboxylic acids is 1. The number of pyridine rings is 1. The van der Waals surface area contributed by atoms with E-state index in [0.29, 0.717) is 25.2 Å². The van der Waals surface area contributed by atoms with E-state index in [0.717, 1.165) is 72.3 Å². The minimum atomic E-state index is -0.333. The number of esters is 1. The molecule has 0 spiro atoms. The van der Waals surface area contributed by atoms with E-state index in [2.05, 4.69) is 28.9 Å². The number of likely N-dealkylation sites (tertiary alicyclic amines) is 1. The van der Waals surface area contributed by atoms with E-state index in [1.54, 1.807) is 0 Å². The summed E-state index contributed by atoms with van der Waals surface area (Å²) in [6.45, 7) is 7.00. The molecule has 2 fully saturated rings. The van der Waals surface area contributed by atoms with Gasteiger partial charge >= 0.3 is 5.97 Å². The lowest BCUT2D eigenvalue weighted by Crippen LogP contribution is -2.49. The summed E-state index contributed by atoms with van der Waals surface area (Å²) >= 11 is 0. The number of carbonyl (C=O) groups is 1. The van der Waals surface area contributed by atoms with Gasteiger partial charge in [-0.15, -0.1) is 0 Å². The van der Waals surface area contributed by atoms with Crippen molar-refractivity contribution in [3.63, 3.8) is 0 Å². The number of benzene rings is 3. The highest BCUT2D eigenvalue weighted by atomic mass is 16.5. The normalized spacial score (nSPS) is 18.2. The maximum absolute atomic E-state index is 14.6. The Labute approximate surface area is 242 Å². The van der Waals surface area contributed by atoms with Crippen LogP contribution in [-0.4, -0.2) is 60.1 Å². The van der Waals surface area contributed by atoms with E-state index < -0.39 is 0 Å². The summed E-state index contributed by atoms with van der Waals surface area (Å²) in [6, 6.07) is 28.4. The fourth-order valence-corrected chi connectivity index (χ4v) is 6.34. The van der Waals surface area contributed by atoms with Crippen molar-refractivity contribution in [2.45, 2.75) is 44.9 Å². The average molecular weight is 550 g/mol. The fourth-order valence-electron chi connectivity index (χ4n) is 6.34. The van der Waals surface area contributed by atoms with Gasteiger partial charge < -0.3 is 9.47 Å². The highest BCUT2D eigenvalue weighted by Crippen LogP contribution is 2.40. The molecule has 2 saturated heterocycles. The molecule has 41 heavy (non-hydrogen) atoms. The number of morpholine rings is 1. The Hall–Kier alpha value is -3.58. The monoisotopic (exact) mass is 549 g/mol. The van der Waals surface area contributed by atoms with E-state index in [9.17, 15) is 4.79 Å². The molecule has 2 atom stereocenters. The first kappa shape index (κ1) is 27.6. The van der Waals surface area contributed by atoms with Crippen molar-refractivity contribution in [2.75, 3.05) is 39.4 Å². The topological polar surface area (TPSA) is 54.9 Å². The van der Waals surface area contributed by atoms with Gasteiger partial charge in [-0.25, -0.2) is 9.78 Å². The van der Waals surface area contributed by atoms with Crippen molar-refractivity contribution in [2.24, 2.45) is 0 Å². The molecule has 2 aliphatic rings. The number of fused-ring (bicyclic) bond motifs is 1. The standard InChI is InChI=1S/C35H39N3O3/c1-2-30(26-14-6-3-7-15-26)41-35(39)31-28-18-10-11-19-29(28)36-33(27-16-8-4-9-17-27)32(31)34(37-20-12-5-13-21-37)38-22-24-40-25-23-38/h3-4,6-11,14-19,30,34H,2,5,12-13,20-25H2,1H3. The molecule has 1 aromatic heterocycles. The second kappa shape index (κ2) is 12.9. The number of piperidine rings is 1. The number of aromatic nitrogens is 1. The molecule has 2 aliphatic heterocycles. The van der Waals surface area contributed by atoms with Gasteiger partial charge in [0.25, 0.3) is 0 Å². The van der Waals surface area contributed by atoms with Gasteiger partial charge in [0.15, 0.2) is 0 Å². The Morgan fingerprint density at radius 1 is 0.829 bits per heavy atom. The van der Waals surface area contributed by atoms with Crippen LogP contribution in [0.25, 0.3) is 22.2 Å². The molecule has 6 rings (SSSR count). The highest BCUT2D eigenvalue weighted by molar-refractivity contribution is 6.06. The Morgan fingerprint density at radius 3 is 2.17 bits per heavy atom. The second-order valence-corrected chi connectivity index (χ2v) is 11.0. The van der Waals surface area contributed by atoms with Crippen LogP contribution in [0, 0.1) is 0 Å². The van der Waals surface area contributed by atoms with Gasteiger partial charge in [0.2, 0.25) is 0 Å². The van der Waals surface area contributed by atoms with E-state index >= 15 is 0 Å². The minimum Gasteiger partial charge on any atom is -0.454 e. The van der Waals surface area contributed by atoms with Crippen LogP contribution in [0.2, 0.25) is 0 Å². The second-order valence-electron chi connectivity index (χ2n) is 11.0. The summed E-state index contributed by atoms with van der Waals surface area (Å²) in [5, 5.41) is 0.838. The number of rotatable bonds is 8. The SMILES string of the molecule is CCC(OC(=O)c1c(C(N2CCCCC2)N2CCOCC2)c(-c2ccccc2)nc2ccccc12)c1ccccc1. The molecule has 0 aliphatic carbocycles. The van der Waals surface area contributed by atoms with Crippen LogP contribution in [0.15, 0.2) is 84.9 Å². The molecule has 3 aromatic carbocycles. The number of hydrogen-bond acceptors (Lipinski definition) is 6. The Morgan fingerprint density at radius 2 is 1.46 bits per heavy atom. The third-order valence-corrected chi connectivity index (χ3v) is 8.36. The molecule has 4 aromatic rings. The summed E-state index contributed by atoms with van der Waals surface area (Å²) in [4.78, 5) is 24.9. The van der Waals surface area contributed by atoms with Crippen molar-refractivity contribution in [1.29, 1.82) is 0 Å². The Kier molecular flexibility index (Phi) is 8.71. The van der Waals surface area contributed by atoms with Gasteiger partial charge in [0.1, 0.15) is 6.10 Å². The molecule has 0 bridgehead atoms. The first-order valence-electron chi connectivity index (χ1n) is 15.0. The van der Waals surface area contributed by atoms with Crippen LogP contribution < -0.4 is 0 Å². The lowest BCUT2D eigenvalue weighted by Gasteiger charge is -2.44. The molecule has 6 nitrogen and oxygen atoms in total. The van der Waals surface area contributed by atoms with Crippen molar-refractivity contribution in [3.8, 4) is 11.3 Å². The zero-order valence-electron chi connectivity index (χ0n) is 23.9. The molecule has 2 unspecified atom stereocenters. The summed E-state index contributed by atoms with van der Waals surface area (Å²) in [6.07, 6.45) is 3.78. The third kappa shape index (κ3) is 5.91. The summed E-state index contributed by atoms with van der Waals surface area (Å²) < 4.78 is 12.2. The molecule has 3 heterocycles. The van der Waals surface area contributed by atoms with Crippen LogP contribution >= 0.6 is 0 Å². The number of ether oxygens (including phenoxy) is 2. The van der Waals surface area contributed by atoms with E-state index in [1.165, 1.54) is 6.42 Å². The van der Waals surface area contributed by atoms with Crippen molar-refractivity contribution in [3.05, 3.63) is 102 Å². The van der Waals surface area contributed by atoms with Crippen LogP contribution in [0.5, 0.6) is 0 Å². The zero-order valence-corrected chi connectivity index (χ0v) is 23.9. The number of para-hydroxylation sites is 1. The molecule has 0 radical (unpaired) electrons. The molecular weight excluding hydrogens is 510 g/mol. The van der Waals surface area contributed by atoms with Gasteiger partial charge in [0, 0.05) is 29.6 Å². The van der Waals surface area contributed by atoms with Crippen LogP contribution in [0.4, 0.5) is 0 Å². The van der Waals surface area contributed by atoms with Crippen LogP contribution in [-0.2, 0) is 9.47 Å². The molecule has 0 saturated carbocycles. The van der Waals surface area contributed by atoms with Gasteiger partial charge in [-0.1, -0.05) is 92.2 Å². The number of hydrogen-bond donors (Lipinski definition) is 0. The largest absolute Gasteiger partial charge is 0.454 e. The zero-order chi connectivity index (χ0) is 28.0. The lowest BCUT2D eigenvalue weighted by molar-refractivity contribution is -0.0408. The van der Waals surface area contributed by atoms with Crippen LogP contribution in [0.1, 0.15) is 66.4 Å². The van der Waals surface area contributed by atoms with Gasteiger partial charge in [-0.2, -0.15) is 0 Å². The summed E-state index contributed by atoms with van der Waals surface area (Å²) in [5.41, 5.74) is 5.25. The van der Waals surface area contributed by atoms with Crippen molar-refractivity contribution in [1.82, 2.24) is 14.8 Å². The quantitative estimate of drug-likeness (QED) is 0.220. The first-order chi connectivity index (χ1) is 20.2. The van der Waals surface area contributed by atoms with Gasteiger partial charge in [-0.05, 0) is 44.0 Å². The molecule has 0 N–H and O–H groups in total. The van der Waals surface area contributed by atoms with Crippen molar-refractivity contribution >= 4 is 16.9 Å². The molecule has 0 amide bonds.